The molecule has 0 spiro atoms. The fourth-order valence-electron chi connectivity index (χ4n) is 5.82. The molecule has 0 bridgehead atoms. The van der Waals surface area contributed by atoms with Gasteiger partial charge < -0.3 is 9.68 Å². The molecule has 0 N–H and O–H groups in total. The topological polar surface area (TPSA) is 77.3 Å². The zero-order valence-electron chi connectivity index (χ0n) is 21.1. The quantitative estimate of drug-likeness (QED) is 0.472. The van der Waals surface area contributed by atoms with E-state index in [1.807, 2.05) is 41.5 Å². The summed E-state index contributed by atoms with van der Waals surface area (Å²) in [6.45, 7) is 11.4. The predicted molar refractivity (Wildman–Crippen MR) is 140 cm³/mol. The molecule has 5 rings (SSSR count). The lowest BCUT2D eigenvalue weighted by Crippen LogP contribution is -2.75. The van der Waals surface area contributed by atoms with Crippen LogP contribution in [0.3, 0.4) is 0 Å². The molecule has 2 aliphatic heterocycles. The molecule has 1 aliphatic carbocycles. The molecule has 8 heteroatoms. The molecule has 1 fully saturated rings. The number of carbonyl (C=O) groups is 2. The first-order valence-electron chi connectivity index (χ1n) is 11.9. The number of rotatable bonds is 2. The van der Waals surface area contributed by atoms with E-state index in [9.17, 15) is 9.59 Å². The molecular weight excluding hydrogens is 499 g/mol. The molecule has 188 valence electrons. The number of hydrogen-bond acceptors (Lipinski definition) is 6. The van der Waals surface area contributed by atoms with Gasteiger partial charge in [0.05, 0.1) is 0 Å². The van der Waals surface area contributed by atoms with Crippen molar-refractivity contribution in [2.75, 3.05) is 0 Å². The first kappa shape index (κ1) is 25.0. The zero-order chi connectivity index (χ0) is 26.3. The lowest BCUT2D eigenvalue weighted by molar-refractivity contribution is -0.206. The van der Waals surface area contributed by atoms with Crippen molar-refractivity contribution >= 4 is 46.2 Å². The molecule has 0 saturated heterocycles. The summed E-state index contributed by atoms with van der Waals surface area (Å²) in [6, 6.07) is 14.0. The number of oxime groups is 2. The Morgan fingerprint density at radius 3 is 1.22 bits per heavy atom. The lowest BCUT2D eigenvalue weighted by atomic mass is 9.48. The van der Waals surface area contributed by atoms with Crippen LogP contribution in [0.5, 0.6) is 0 Å². The minimum absolute atomic E-state index is 0.270. The van der Waals surface area contributed by atoms with Gasteiger partial charge in [-0.3, -0.25) is 9.59 Å². The second kappa shape index (κ2) is 7.90. The van der Waals surface area contributed by atoms with Gasteiger partial charge >= 0.3 is 0 Å². The average Bonchev–Trinajstić information content (AvgIpc) is 3.40. The summed E-state index contributed by atoms with van der Waals surface area (Å²) >= 11 is 12.2. The van der Waals surface area contributed by atoms with Crippen molar-refractivity contribution < 1.29 is 19.3 Å². The Kier molecular flexibility index (Phi) is 5.48. The van der Waals surface area contributed by atoms with Crippen molar-refractivity contribution in [3.8, 4) is 0 Å². The monoisotopic (exact) mass is 526 g/mol. The van der Waals surface area contributed by atoms with Gasteiger partial charge in [-0.25, -0.2) is 0 Å². The van der Waals surface area contributed by atoms with Gasteiger partial charge in [0, 0.05) is 32.0 Å². The van der Waals surface area contributed by atoms with E-state index in [1.165, 1.54) is 0 Å². The Morgan fingerprint density at radius 1 is 0.639 bits per heavy atom. The van der Waals surface area contributed by atoms with E-state index in [0.29, 0.717) is 32.6 Å². The van der Waals surface area contributed by atoms with Crippen molar-refractivity contribution in [1.29, 1.82) is 0 Å². The van der Waals surface area contributed by atoms with E-state index in [-0.39, 0.29) is 11.6 Å². The molecule has 1 saturated carbocycles. The number of ketones is 2. The van der Waals surface area contributed by atoms with Gasteiger partial charge in [0.2, 0.25) is 11.2 Å². The van der Waals surface area contributed by atoms with Crippen molar-refractivity contribution in [3.63, 3.8) is 0 Å². The SMILES string of the molecule is CC(C)(C)C12ON=C(c3ccc(Cl)cc3)C1C(=O)C1(C(C)(C)C)ON=C(c3ccc(Cl)cc3)C1C2=O. The molecule has 6 nitrogen and oxygen atoms in total. The van der Waals surface area contributed by atoms with Gasteiger partial charge in [-0.05, 0) is 24.3 Å². The molecule has 4 atom stereocenters. The predicted octanol–water partition coefficient (Wildman–Crippen LogP) is 6.12. The Balaban J connectivity index is 1.74. The van der Waals surface area contributed by atoms with Gasteiger partial charge in [-0.15, -0.1) is 0 Å². The molecule has 2 aromatic rings. The van der Waals surface area contributed by atoms with Crippen molar-refractivity contribution in [3.05, 3.63) is 69.7 Å². The van der Waals surface area contributed by atoms with Crippen LogP contribution in [0.1, 0.15) is 52.7 Å². The van der Waals surface area contributed by atoms with Gasteiger partial charge in [0.15, 0.2) is 11.6 Å². The smallest absolute Gasteiger partial charge is 0.216 e. The third-order valence-electron chi connectivity index (χ3n) is 7.70. The number of Topliss-reactive ketones (excluding diaryl/α,β-unsaturated/α-hetero) is 2. The summed E-state index contributed by atoms with van der Waals surface area (Å²) in [7, 11) is 0. The largest absolute Gasteiger partial charge is 0.379 e. The summed E-state index contributed by atoms with van der Waals surface area (Å²) in [6.07, 6.45) is 0. The highest BCUT2D eigenvalue weighted by atomic mass is 35.5. The Labute approximate surface area is 220 Å². The Hall–Kier alpha value is -2.70. The molecule has 0 amide bonds. The highest BCUT2D eigenvalue weighted by Gasteiger charge is 2.79. The minimum atomic E-state index is -1.54. The highest BCUT2D eigenvalue weighted by Crippen LogP contribution is 2.60. The maximum Gasteiger partial charge on any atom is 0.216 e. The fourth-order valence-corrected chi connectivity index (χ4v) is 6.07. The van der Waals surface area contributed by atoms with Crippen LogP contribution in [0.25, 0.3) is 0 Å². The first-order valence-corrected chi connectivity index (χ1v) is 12.6. The second-order valence-electron chi connectivity index (χ2n) is 11.7. The van der Waals surface area contributed by atoms with Crippen LogP contribution < -0.4 is 0 Å². The van der Waals surface area contributed by atoms with Gasteiger partial charge in [0.25, 0.3) is 0 Å². The molecule has 2 aromatic carbocycles. The number of carbonyl (C=O) groups excluding carboxylic acids is 2. The molecule has 2 heterocycles. The summed E-state index contributed by atoms with van der Waals surface area (Å²) < 4.78 is 0. The molecule has 4 unspecified atom stereocenters. The third kappa shape index (κ3) is 3.16. The van der Waals surface area contributed by atoms with E-state index < -0.39 is 33.9 Å². The van der Waals surface area contributed by atoms with Crippen LogP contribution in [-0.2, 0) is 19.3 Å². The van der Waals surface area contributed by atoms with Gasteiger partial charge in [0.1, 0.15) is 23.3 Å². The number of nitrogens with zero attached hydrogens (tertiary/aromatic N) is 2. The molecule has 0 aromatic heterocycles. The van der Waals surface area contributed by atoms with Crippen LogP contribution in [0.15, 0.2) is 58.8 Å². The van der Waals surface area contributed by atoms with E-state index in [2.05, 4.69) is 10.3 Å². The van der Waals surface area contributed by atoms with Crippen molar-refractivity contribution in [2.45, 2.75) is 52.7 Å². The van der Waals surface area contributed by atoms with E-state index in [1.54, 1.807) is 48.5 Å². The van der Waals surface area contributed by atoms with Crippen LogP contribution >= 0.6 is 23.2 Å². The van der Waals surface area contributed by atoms with Crippen molar-refractivity contribution in [1.82, 2.24) is 0 Å². The van der Waals surface area contributed by atoms with Crippen LogP contribution in [0.2, 0.25) is 10.0 Å². The zero-order valence-corrected chi connectivity index (χ0v) is 22.6. The molecular formula is C28H28Cl2N2O4. The maximum atomic E-state index is 14.8. The molecule has 36 heavy (non-hydrogen) atoms. The lowest BCUT2D eigenvalue weighted by Gasteiger charge is -2.53. The average molecular weight is 527 g/mol. The Bertz CT molecular complexity index is 1220. The number of halogens is 2. The Morgan fingerprint density at radius 2 is 0.944 bits per heavy atom. The maximum absolute atomic E-state index is 14.8. The minimum Gasteiger partial charge on any atom is -0.379 e. The third-order valence-corrected chi connectivity index (χ3v) is 8.20. The van der Waals surface area contributed by atoms with Crippen LogP contribution in [0.4, 0.5) is 0 Å². The van der Waals surface area contributed by atoms with E-state index in [4.69, 9.17) is 32.9 Å². The summed E-state index contributed by atoms with van der Waals surface area (Å²) in [5.74, 6) is -2.51. The molecule has 3 aliphatic rings. The number of benzene rings is 2. The fraction of sp³-hybridized carbons (Fsp3) is 0.429. The van der Waals surface area contributed by atoms with Gasteiger partial charge in [-0.2, -0.15) is 0 Å². The van der Waals surface area contributed by atoms with E-state index >= 15 is 0 Å². The summed E-state index contributed by atoms with van der Waals surface area (Å²) in [5.41, 5.74) is -2.53. The van der Waals surface area contributed by atoms with E-state index in [0.717, 1.165) is 0 Å². The molecule has 0 radical (unpaired) electrons. The first-order chi connectivity index (χ1) is 16.8. The highest BCUT2D eigenvalue weighted by molar-refractivity contribution is 6.32. The van der Waals surface area contributed by atoms with Crippen LogP contribution in [-0.4, -0.2) is 34.2 Å². The van der Waals surface area contributed by atoms with Crippen LogP contribution in [0, 0.1) is 22.7 Å². The number of fused-ring (bicyclic) bond motifs is 2. The van der Waals surface area contributed by atoms with Gasteiger partial charge in [-0.1, -0.05) is 99.3 Å². The normalized spacial score (nSPS) is 29.7. The summed E-state index contributed by atoms with van der Waals surface area (Å²) in [5, 5.41) is 9.88. The second-order valence-corrected chi connectivity index (χ2v) is 12.6. The summed E-state index contributed by atoms with van der Waals surface area (Å²) in [4.78, 5) is 41.8. The number of hydrogen-bond donors (Lipinski definition) is 0. The standard InChI is InChI=1S/C28H28Cl2N2O4/c1-25(2,3)27-19(21(31-35-27)15-7-11-17(29)12-8-15)24(34)28(26(4,5)6)20(23(27)33)22(32-36-28)16-9-13-18(30)14-10-16/h7-14,19-20H,1-6H3. The van der Waals surface area contributed by atoms with Crippen molar-refractivity contribution in [2.24, 2.45) is 33.0 Å².